The van der Waals surface area contributed by atoms with Crippen molar-refractivity contribution in [1.29, 1.82) is 0 Å². The molecule has 3 rings (SSSR count). The second-order valence-corrected chi connectivity index (χ2v) is 7.32. The van der Waals surface area contributed by atoms with Crippen LogP contribution in [0.2, 0.25) is 0 Å². The summed E-state index contributed by atoms with van der Waals surface area (Å²) >= 11 is 0. The van der Waals surface area contributed by atoms with Crippen molar-refractivity contribution in [3.63, 3.8) is 0 Å². The Balaban J connectivity index is 1.53. The first-order valence-corrected chi connectivity index (χ1v) is 10.2. The van der Waals surface area contributed by atoms with Crippen LogP contribution >= 0.6 is 0 Å². The number of methoxy groups -OCH3 is 3. The minimum absolute atomic E-state index is 0.317. The summed E-state index contributed by atoms with van der Waals surface area (Å²) in [6.07, 6.45) is 1.03. The summed E-state index contributed by atoms with van der Waals surface area (Å²) in [5.41, 5.74) is 3.48. The van der Waals surface area contributed by atoms with E-state index in [4.69, 9.17) is 14.2 Å². The van der Waals surface area contributed by atoms with Crippen LogP contribution in [0.3, 0.4) is 0 Å². The quantitative estimate of drug-likeness (QED) is 0.513. The third-order valence-electron chi connectivity index (χ3n) is 5.25. The molecule has 0 aliphatic carbocycles. The lowest BCUT2D eigenvalue weighted by molar-refractivity contribution is 0.185. The van der Waals surface area contributed by atoms with Gasteiger partial charge in [-0.2, -0.15) is 0 Å². The Morgan fingerprint density at radius 3 is 2.30 bits per heavy atom. The van der Waals surface area contributed by atoms with Crippen LogP contribution in [-0.4, -0.2) is 53.5 Å². The van der Waals surface area contributed by atoms with E-state index in [-0.39, 0.29) is 0 Å². The predicted octanol–water partition coefficient (Wildman–Crippen LogP) is 2.79. The molecule has 1 saturated heterocycles. The summed E-state index contributed by atoms with van der Waals surface area (Å²) in [6.45, 7) is 3.21. The van der Waals surface area contributed by atoms with Crippen molar-refractivity contribution in [2.24, 2.45) is 4.99 Å². The lowest BCUT2D eigenvalue weighted by Gasteiger charge is -2.21. The molecule has 1 atom stereocenters. The number of anilines is 1. The van der Waals surface area contributed by atoms with Gasteiger partial charge in [-0.1, -0.05) is 24.3 Å². The van der Waals surface area contributed by atoms with Crippen molar-refractivity contribution in [2.45, 2.75) is 25.6 Å². The van der Waals surface area contributed by atoms with E-state index in [1.54, 1.807) is 28.4 Å². The van der Waals surface area contributed by atoms with Crippen molar-refractivity contribution in [3.8, 4) is 11.5 Å². The second kappa shape index (κ2) is 10.7. The molecule has 2 aromatic carbocycles. The van der Waals surface area contributed by atoms with Gasteiger partial charge in [-0.15, -0.1) is 0 Å². The zero-order valence-electron chi connectivity index (χ0n) is 18.3. The Morgan fingerprint density at radius 2 is 1.70 bits per heavy atom. The van der Waals surface area contributed by atoms with Crippen LogP contribution in [-0.2, 0) is 17.9 Å². The molecular formula is C23H32N4O3. The van der Waals surface area contributed by atoms with E-state index in [9.17, 15) is 0 Å². The molecule has 0 bridgehead atoms. The maximum absolute atomic E-state index is 5.40. The summed E-state index contributed by atoms with van der Waals surface area (Å²) < 4.78 is 16.0. The van der Waals surface area contributed by atoms with Crippen molar-refractivity contribution in [3.05, 3.63) is 53.6 Å². The van der Waals surface area contributed by atoms with Crippen LogP contribution in [0.1, 0.15) is 17.5 Å². The first-order chi connectivity index (χ1) is 14.6. The first kappa shape index (κ1) is 21.8. The normalized spacial score (nSPS) is 16.5. The van der Waals surface area contributed by atoms with Crippen molar-refractivity contribution in [1.82, 2.24) is 10.6 Å². The van der Waals surface area contributed by atoms with E-state index in [0.717, 1.165) is 49.2 Å². The van der Waals surface area contributed by atoms with Gasteiger partial charge in [-0.25, -0.2) is 0 Å². The molecular weight excluding hydrogens is 380 g/mol. The third-order valence-corrected chi connectivity index (χ3v) is 5.25. The van der Waals surface area contributed by atoms with Crippen LogP contribution in [0, 0.1) is 0 Å². The third kappa shape index (κ3) is 5.79. The van der Waals surface area contributed by atoms with Crippen molar-refractivity contribution in [2.75, 3.05) is 46.4 Å². The molecule has 0 spiro atoms. The minimum Gasteiger partial charge on any atom is -0.497 e. The number of guanidine groups is 1. The number of hydrogen-bond donors (Lipinski definition) is 2. The molecule has 1 aliphatic rings. The second-order valence-electron chi connectivity index (χ2n) is 7.32. The molecule has 0 amide bonds. The zero-order valence-corrected chi connectivity index (χ0v) is 18.3. The highest BCUT2D eigenvalue weighted by Gasteiger charge is 2.24. The lowest BCUT2D eigenvalue weighted by Crippen LogP contribution is -2.44. The highest BCUT2D eigenvalue weighted by Crippen LogP contribution is 2.30. The topological polar surface area (TPSA) is 67.4 Å². The molecule has 0 aromatic heterocycles. The van der Waals surface area contributed by atoms with Crippen LogP contribution in [0.15, 0.2) is 47.5 Å². The van der Waals surface area contributed by atoms with E-state index in [0.29, 0.717) is 12.6 Å². The molecule has 7 nitrogen and oxygen atoms in total. The molecule has 2 N–H and O–H groups in total. The van der Waals surface area contributed by atoms with Gasteiger partial charge in [0.1, 0.15) is 11.5 Å². The van der Waals surface area contributed by atoms with E-state index >= 15 is 0 Å². The molecule has 1 fully saturated rings. The van der Waals surface area contributed by atoms with E-state index < -0.39 is 0 Å². The van der Waals surface area contributed by atoms with Gasteiger partial charge in [0.15, 0.2) is 5.96 Å². The standard InChI is InChI=1S/C23H32N4O3/c1-24-23(25-14-17-5-7-18(8-6-17)16-28-2)26-19-9-10-27(15-19)20-11-21(29-3)13-22(12-20)30-4/h5-8,11-13,19H,9-10,14-16H2,1-4H3,(H2,24,25,26). The van der Waals surface area contributed by atoms with Crippen molar-refractivity contribution < 1.29 is 14.2 Å². The molecule has 0 radical (unpaired) electrons. The fourth-order valence-electron chi connectivity index (χ4n) is 3.58. The van der Waals surface area contributed by atoms with Gasteiger partial charge < -0.3 is 29.7 Å². The number of aliphatic imine (C=N–C) groups is 1. The van der Waals surface area contributed by atoms with E-state index in [2.05, 4.69) is 44.8 Å². The van der Waals surface area contributed by atoms with Gasteiger partial charge in [0.2, 0.25) is 0 Å². The summed E-state index contributed by atoms with van der Waals surface area (Å²) in [5.74, 6) is 2.41. The highest BCUT2D eigenvalue weighted by molar-refractivity contribution is 5.80. The van der Waals surface area contributed by atoms with Gasteiger partial charge in [-0.05, 0) is 17.5 Å². The number of nitrogens with zero attached hydrogens (tertiary/aromatic N) is 2. The number of benzene rings is 2. The van der Waals surface area contributed by atoms with Crippen LogP contribution in [0.5, 0.6) is 11.5 Å². The Kier molecular flexibility index (Phi) is 7.79. The zero-order chi connectivity index (χ0) is 21.3. The van der Waals surface area contributed by atoms with Gasteiger partial charge in [0.25, 0.3) is 0 Å². The molecule has 1 unspecified atom stereocenters. The largest absolute Gasteiger partial charge is 0.497 e. The fraction of sp³-hybridized carbons (Fsp3) is 0.435. The van der Waals surface area contributed by atoms with Gasteiger partial charge >= 0.3 is 0 Å². The minimum atomic E-state index is 0.317. The van der Waals surface area contributed by atoms with E-state index in [1.165, 1.54) is 11.1 Å². The Morgan fingerprint density at radius 1 is 1.03 bits per heavy atom. The average Bonchev–Trinajstić information content (AvgIpc) is 3.26. The van der Waals surface area contributed by atoms with Crippen LogP contribution < -0.4 is 25.0 Å². The number of ether oxygens (including phenoxy) is 3. The monoisotopic (exact) mass is 412 g/mol. The van der Waals surface area contributed by atoms with Gasteiger partial charge in [0, 0.05) is 63.7 Å². The summed E-state index contributed by atoms with van der Waals surface area (Å²) in [4.78, 5) is 6.72. The molecule has 1 heterocycles. The van der Waals surface area contributed by atoms with Crippen LogP contribution in [0.4, 0.5) is 5.69 Å². The van der Waals surface area contributed by atoms with Crippen molar-refractivity contribution >= 4 is 11.6 Å². The summed E-state index contributed by atoms with van der Waals surface area (Å²) in [7, 11) is 6.86. The fourth-order valence-corrected chi connectivity index (χ4v) is 3.58. The Bertz CT molecular complexity index is 817. The average molecular weight is 413 g/mol. The molecule has 0 saturated carbocycles. The molecule has 7 heteroatoms. The first-order valence-electron chi connectivity index (χ1n) is 10.2. The maximum Gasteiger partial charge on any atom is 0.191 e. The SMILES string of the molecule is CN=C(NCc1ccc(COC)cc1)NC1CCN(c2cc(OC)cc(OC)c2)C1. The molecule has 30 heavy (non-hydrogen) atoms. The summed E-state index contributed by atoms with van der Waals surface area (Å²) in [6, 6.07) is 14.7. The molecule has 162 valence electrons. The number of hydrogen-bond acceptors (Lipinski definition) is 5. The smallest absolute Gasteiger partial charge is 0.191 e. The van der Waals surface area contributed by atoms with Gasteiger partial charge in [0.05, 0.1) is 20.8 Å². The predicted molar refractivity (Wildman–Crippen MR) is 121 cm³/mol. The van der Waals surface area contributed by atoms with E-state index in [1.807, 2.05) is 18.2 Å². The Labute approximate surface area is 179 Å². The molecule has 1 aliphatic heterocycles. The summed E-state index contributed by atoms with van der Waals surface area (Å²) in [5, 5.41) is 6.94. The number of nitrogens with one attached hydrogen (secondary N) is 2. The lowest BCUT2D eigenvalue weighted by atomic mass is 10.1. The highest BCUT2D eigenvalue weighted by atomic mass is 16.5. The number of rotatable bonds is 8. The van der Waals surface area contributed by atoms with Crippen LogP contribution in [0.25, 0.3) is 0 Å². The van der Waals surface area contributed by atoms with Gasteiger partial charge in [-0.3, -0.25) is 4.99 Å². The maximum atomic E-state index is 5.40. The molecule has 2 aromatic rings. The Hall–Kier alpha value is -2.93.